The lowest BCUT2D eigenvalue weighted by atomic mass is 10.3. The van der Waals surface area contributed by atoms with E-state index in [1.807, 2.05) is 18.2 Å². The van der Waals surface area contributed by atoms with Crippen LogP contribution in [0.1, 0.15) is 19.8 Å². The summed E-state index contributed by atoms with van der Waals surface area (Å²) in [5.41, 5.74) is 7.84. The van der Waals surface area contributed by atoms with E-state index in [4.69, 9.17) is 5.73 Å². The van der Waals surface area contributed by atoms with E-state index in [1.165, 1.54) is 6.42 Å². The van der Waals surface area contributed by atoms with Gasteiger partial charge >= 0.3 is 0 Å². The van der Waals surface area contributed by atoms with E-state index in [9.17, 15) is 0 Å². The first-order chi connectivity index (χ1) is 8.36. The van der Waals surface area contributed by atoms with Crippen LogP contribution in [-0.4, -0.2) is 22.6 Å². The third-order valence-corrected chi connectivity index (χ3v) is 2.82. The molecule has 0 unspecified atom stereocenters. The molecule has 0 saturated heterocycles. The maximum absolute atomic E-state index is 5.66. The van der Waals surface area contributed by atoms with Crippen molar-refractivity contribution in [3.05, 3.63) is 24.3 Å². The van der Waals surface area contributed by atoms with Crippen molar-refractivity contribution in [3.63, 3.8) is 0 Å². The molecule has 1 heterocycles. The predicted octanol–water partition coefficient (Wildman–Crippen LogP) is 2.21. The second kappa shape index (κ2) is 5.68. The van der Waals surface area contributed by atoms with Crippen molar-refractivity contribution in [2.45, 2.75) is 26.3 Å². The number of hydrogen-bond donors (Lipinski definition) is 2. The highest BCUT2D eigenvalue weighted by atomic mass is 15.2. The van der Waals surface area contributed by atoms with Gasteiger partial charge in [-0.1, -0.05) is 25.5 Å². The second-order valence-electron chi connectivity index (χ2n) is 4.14. The maximum atomic E-state index is 5.66. The Morgan fingerprint density at radius 3 is 2.94 bits per heavy atom. The van der Waals surface area contributed by atoms with Crippen molar-refractivity contribution >= 4 is 17.0 Å². The Hall–Kier alpha value is -1.55. The average molecular weight is 232 g/mol. The molecular formula is C13H20N4. The van der Waals surface area contributed by atoms with Gasteiger partial charge in [-0.25, -0.2) is 4.98 Å². The van der Waals surface area contributed by atoms with E-state index in [0.717, 1.165) is 36.5 Å². The highest BCUT2D eigenvalue weighted by Gasteiger charge is 2.08. The van der Waals surface area contributed by atoms with Crippen LogP contribution in [0.15, 0.2) is 24.3 Å². The van der Waals surface area contributed by atoms with Gasteiger partial charge in [0.15, 0.2) is 0 Å². The highest BCUT2D eigenvalue weighted by Crippen LogP contribution is 2.19. The van der Waals surface area contributed by atoms with Crippen molar-refractivity contribution < 1.29 is 0 Å². The molecule has 2 aromatic rings. The van der Waals surface area contributed by atoms with E-state index in [0.29, 0.717) is 6.54 Å². The zero-order chi connectivity index (χ0) is 12.1. The van der Waals surface area contributed by atoms with Crippen molar-refractivity contribution in [3.8, 4) is 0 Å². The highest BCUT2D eigenvalue weighted by molar-refractivity contribution is 5.78. The van der Waals surface area contributed by atoms with E-state index in [1.54, 1.807) is 0 Å². The Morgan fingerprint density at radius 2 is 2.18 bits per heavy atom. The zero-order valence-corrected chi connectivity index (χ0v) is 10.3. The van der Waals surface area contributed by atoms with Crippen molar-refractivity contribution in [2.75, 3.05) is 18.4 Å². The van der Waals surface area contributed by atoms with Gasteiger partial charge < -0.3 is 15.6 Å². The van der Waals surface area contributed by atoms with Crippen LogP contribution in [0.4, 0.5) is 5.95 Å². The summed E-state index contributed by atoms with van der Waals surface area (Å²) in [6.07, 6.45) is 2.34. The average Bonchev–Trinajstić information content (AvgIpc) is 2.69. The molecule has 0 aliphatic heterocycles. The number of fused-ring (bicyclic) bond motifs is 1. The maximum Gasteiger partial charge on any atom is 0.203 e. The molecule has 2 rings (SSSR count). The van der Waals surface area contributed by atoms with Crippen LogP contribution in [0.3, 0.4) is 0 Å². The predicted molar refractivity (Wildman–Crippen MR) is 72.2 cm³/mol. The van der Waals surface area contributed by atoms with Gasteiger partial charge in [-0.3, -0.25) is 0 Å². The smallest absolute Gasteiger partial charge is 0.203 e. The molecule has 0 radical (unpaired) electrons. The largest absolute Gasteiger partial charge is 0.356 e. The Morgan fingerprint density at radius 1 is 1.35 bits per heavy atom. The summed E-state index contributed by atoms with van der Waals surface area (Å²) in [6, 6.07) is 8.17. The third kappa shape index (κ3) is 2.58. The molecule has 0 spiro atoms. The number of para-hydroxylation sites is 2. The fourth-order valence-electron chi connectivity index (χ4n) is 1.94. The summed E-state index contributed by atoms with van der Waals surface area (Å²) < 4.78 is 2.16. The standard InChI is InChI=1S/C13H20N4/c1-2-3-9-15-13-16-11-6-4-5-7-12(11)17(13)10-8-14/h4-7H,2-3,8-10,14H2,1H3,(H,15,16). The summed E-state index contributed by atoms with van der Waals surface area (Å²) in [4.78, 5) is 4.60. The van der Waals surface area contributed by atoms with Gasteiger partial charge in [0.2, 0.25) is 5.95 Å². The van der Waals surface area contributed by atoms with Crippen molar-refractivity contribution in [2.24, 2.45) is 5.73 Å². The van der Waals surface area contributed by atoms with Gasteiger partial charge in [0, 0.05) is 19.6 Å². The molecule has 1 aromatic heterocycles. The minimum atomic E-state index is 0.628. The molecule has 0 bridgehead atoms. The lowest BCUT2D eigenvalue weighted by Crippen LogP contribution is -2.14. The van der Waals surface area contributed by atoms with Gasteiger partial charge in [-0.2, -0.15) is 0 Å². The Bertz CT molecular complexity index is 475. The number of imidazole rings is 1. The van der Waals surface area contributed by atoms with Crippen molar-refractivity contribution in [1.29, 1.82) is 0 Å². The molecule has 1 aromatic carbocycles. The second-order valence-corrected chi connectivity index (χ2v) is 4.14. The van der Waals surface area contributed by atoms with Crippen LogP contribution in [-0.2, 0) is 6.54 Å². The van der Waals surface area contributed by atoms with E-state index < -0.39 is 0 Å². The molecule has 0 amide bonds. The summed E-state index contributed by atoms with van der Waals surface area (Å²) >= 11 is 0. The summed E-state index contributed by atoms with van der Waals surface area (Å²) in [5.74, 6) is 0.935. The topological polar surface area (TPSA) is 55.9 Å². The molecule has 0 fully saturated rings. The number of unbranched alkanes of at least 4 members (excludes halogenated alkanes) is 1. The van der Waals surface area contributed by atoms with Crippen LogP contribution in [0.2, 0.25) is 0 Å². The summed E-state index contributed by atoms with van der Waals surface area (Å²) in [6.45, 7) is 4.58. The summed E-state index contributed by atoms with van der Waals surface area (Å²) in [7, 11) is 0. The molecule has 0 atom stereocenters. The molecule has 0 saturated carbocycles. The number of nitrogens with two attached hydrogens (primary N) is 1. The minimum absolute atomic E-state index is 0.628. The zero-order valence-electron chi connectivity index (χ0n) is 10.3. The van der Waals surface area contributed by atoms with Gasteiger partial charge in [-0.05, 0) is 18.6 Å². The molecule has 3 N–H and O–H groups in total. The number of anilines is 1. The van der Waals surface area contributed by atoms with Crippen LogP contribution < -0.4 is 11.1 Å². The van der Waals surface area contributed by atoms with E-state index >= 15 is 0 Å². The fraction of sp³-hybridized carbons (Fsp3) is 0.462. The molecule has 4 nitrogen and oxygen atoms in total. The monoisotopic (exact) mass is 232 g/mol. The Labute approximate surface area is 102 Å². The lowest BCUT2D eigenvalue weighted by Gasteiger charge is -2.08. The van der Waals surface area contributed by atoms with Gasteiger partial charge in [0.05, 0.1) is 11.0 Å². The number of nitrogens with zero attached hydrogens (tertiary/aromatic N) is 2. The molecule has 4 heteroatoms. The van der Waals surface area contributed by atoms with E-state index in [2.05, 4.69) is 27.9 Å². The van der Waals surface area contributed by atoms with Crippen molar-refractivity contribution in [1.82, 2.24) is 9.55 Å². The molecular weight excluding hydrogens is 212 g/mol. The quantitative estimate of drug-likeness (QED) is 0.751. The number of rotatable bonds is 6. The molecule has 0 aliphatic rings. The first-order valence-electron chi connectivity index (χ1n) is 6.26. The number of nitrogens with one attached hydrogen (secondary N) is 1. The van der Waals surface area contributed by atoms with Crippen LogP contribution in [0.5, 0.6) is 0 Å². The van der Waals surface area contributed by atoms with Gasteiger partial charge in [0.1, 0.15) is 0 Å². The molecule has 92 valence electrons. The van der Waals surface area contributed by atoms with Crippen LogP contribution >= 0.6 is 0 Å². The normalized spacial score (nSPS) is 10.9. The molecule has 17 heavy (non-hydrogen) atoms. The minimum Gasteiger partial charge on any atom is -0.356 e. The SMILES string of the molecule is CCCCNc1nc2ccccc2n1CCN. The van der Waals surface area contributed by atoms with Gasteiger partial charge in [-0.15, -0.1) is 0 Å². The number of hydrogen-bond acceptors (Lipinski definition) is 3. The van der Waals surface area contributed by atoms with Crippen LogP contribution in [0, 0.1) is 0 Å². The Kier molecular flexibility index (Phi) is 3.98. The Balaban J connectivity index is 2.29. The fourth-order valence-corrected chi connectivity index (χ4v) is 1.94. The summed E-state index contributed by atoms with van der Waals surface area (Å²) in [5, 5.41) is 3.38. The number of aromatic nitrogens is 2. The van der Waals surface area contributed by atoms with Gasteiger partial charge in [0.25, 0.3) is 0 Å². The number of benzene rings is 1. The molecule has 0 aliphatic carbocycles. The van der Waals surface area contributed by atoms with E-state index in [-0.39, 0.29) is 0 Å². The first-order valence-corrected chi connectivity index (χ1v) is 6.26. The first kappa shape index (κ1) is 11.9. The lowest BCUT2D eigenvalue weighted by molar-refractivity contribution is 0.724. The van der Waals surface area contributed by atoms with Crippen LogP contribution in [0.25, 0.3) is 11.0 Å². The third-order valence-electron chi connectivity index (χ3n) is 2.82.